The Bertz CT molecular complexity index is 1570. The van der Waals surface area contributed by atoms with Crippen LogP contribution in [0.4, 0.5) is 27.1 Å². The van der Waals surface area contributed by atoms with Crippen molar-refractivity contribution in [1.29, 1.82) is 0 Å². The van der Waals surface area contributed by atoms with E-state index in [1.807, 2.05) is 6.07 Å². The second-order valence-corrected chi connectivity index (χ2v) is 9.10. The molecule has 0 saturated heterocycles. The first-order valence-corrected chi connectivity index (χ1v) is 12.6. The third-order valence-corrected chi connectivity index (χ3v) is 6.14. The van der Waals surface area contributed by atoms with Gasteiger partial charge in [0.2, 0.25) is 0 Å². The average molecular weight is 579 g/mol. The van der Waals surface area contributed by atoms with Crippen molar-refractivity contribution in [2.45, 2.75) is 0 Å². The number of hydrogen-bond acceptors (Lipinski definition) is 5. The monoisotopic (exact) mass is 578 g/mol. The van der Waals surface area contributed by atoms with Crippen molar-refractivity contribution in [2.75, 3.05) is 35.5 Å². The number of carbonyl (C=O) groups is 2. The zero-order valence-corrected chi connectivity index (χ0v) is 23.0. The Morgan fingerprint density at radius 3 is 2.08 bits per heavy atom. The van der Waals surface area contributed by atoms with Gasteiger partial charge in [0.1, 0.15) is 17.3 Å². The SMILES string of the molecule is COc1cc(OC)c(NC(=S)Nc2ccc(NC(=O)c3ccccc3F)c(C(=O)Nc3ccccc3)c2)cc1Cl. The molecule has 0 heterocycles. The maximum absolute atomic E-state index is 14.2. The molecule has 4 aromatic rings. The molecule has 0 aromatic heterocycles. The standard InChI is InChI=1S/C29H24ClFN4O4S/c1-38-25-16-26(39-2)24(15-21(25)30)35-29(40)33-18-12-13-23(34-27(36)19-10-6-7-11-22(19)31)20(14-18)28(37)32-17-8-4-3-5-9-17/h3-16H,1-2H3,(H,32,37)(H,34,36)(H2,33,35,40). The van der Waals surface area contributed by atoms with E-state index in [2.05, 4.69) is 21.3 Å². The molecule has 4 N–H and O–H groups in total. The summed E-state index contributed by atoms with van der Waals surface area (Å²) in [5.74, 6) is -1.00. The van der Waals surface area contributed by atoms with Gasteiger partial charge in [0, 0.05) is 17.4 Å². The highest BCUT2D eigenvalue weighted by Crippen LogP contribution is 2.36. The molecule has 0 saturated carbocycles. The molecule has 0 spiro atoms. The number of anilines is 4. The Kier molecular flexibility index (Phi) is 9.15. The molecule has 0 aliphatic carbocycles. The van der Waals surface area contributed by atoms with Crippen LogP contribution < -0.4 is 30.7 Å². The third kappa shape index (κ3) is 6.85. The van der Waals surface area contributed by atoms with Gasteiger partial charge in [0.25, 0.3) is 11.8 Å². The van der Waals surface area contributed by atoms with Gasteiger partial charge in [-0.05, 0) is 60.7 Å². The molecule has 8 nitrogen and oxygen atoms in total. The number of thiocarbonyl (C=S) groups is 1. The number of halogens is 2. The van der Waals surface area contributed by atoms with E-state index in [1.165, 1.54) is 44.6 Å². The summed E-state index contributed by atoms with van der Waals surface area (Å²) in [7, 11) is 2.99. The van der Waals surface area contributed by atoms with Crippen LogP contribution in [0, 0.1) is 5.82 Å². The lowest BCUT2D eigenvalue weighted by molar-refractivity contribution is 0.102. The molecule has 0 aliphatic rings. The normalized spacial score (nSPS) is 10.3. The molecule has 40 heavy (non-hydrogen) atoms. The van der Waals surface area contributed by atoms with E-state index in [1.54, 1.807) is 48.5 Å². The highest BCUT2D eigenvalue weighted by molar-refractivity contribution is 7.80. The van der Waals surface area contributed by atoms with Gasteiger partial charge in [-0.3, -0.25) is 9.59 Å². The minimum Gasteiger partial charge on any atom is -0.495 e. The Morgan fingerprint density at radius 2 is 1.38 bits per heavy atom. The first kappa shape index (κ1) is 28.3. The molecule has 0 atom stereocenters. The highest BCUT2D eigenvalue weighted by Gasteiger charge is 2.18. The van der Waals surface area contributed by atoms with E-state index in [0.29, 0.717) is 33.6 Å². The Labute approximate surface area is 240 Å². The molecule has 0 unspecified atom stereocenters. The number of methoxy groups -OCH3 is 2. The first-order chi connectivity index (χ1) is 19.3. The molecule has 204 valence electrons. The van der Waals surface area contributed by atoms with Gasteiger partial charge in [-0.25, -0.2) is 4.39 Å². The van der Waals surface area contributed by atoms with Crippen molar-refractivity contribution in [3.63, 3.8) is 0 Å². The maximum Gasteiger partial charge on any atom is 0.258 e. The molecule has 11 heteroatoms. The maximum atomic E-state index is 14.2. The van der Waals surface area contributed by atoms with Crippen molar-refractivity contribution in [3.05, 3.63) is 107 Å². The van der Waals surface area contributed by atoms with E-state index in [4.69, 9.17) is 33.3 Å². The lowest BCUT2D eigenvalue weighted by atomic mass is 10.1. The van der Waals surface area contributed by atoms with E-state index in [0.717, 1.165) is 0 Å². The number of hydrogen-bond donors (Lipinski definition) is 4. The van der Waals surface area contributed by atoms with Crippen molar-refractivity contribution in [2.24, 2.45) is 0 Å². The van der Waals surface area contributed by atoms with Gasteiger partial charge in [0.05, 0.1) is 41.7 Å². The van der Waals surface area contributed by atoms with Crippen molar-refractivity contribution < 1.29 is 23.5 Å². The largest absolute Gasteiger partial charge is 0.495 e. The lowest BCUT2D eigenvalue weighted by Crippen LogP contribution is -2.22. The van der Waals surface area contributed by atoms with Gasteiger partial charge in [-0.15, -0.1) is 0 Å². The molecular formula is C29H24ClFN4O4S. The van der Waals surface area contributed by atoms with E-state index >= 15 is 0 Å². The molecular weight excluding hydrogens is 555 g/mol. The minimum absolute atomic E-state index is 0.117. The number of carbonyl (C=O) groups excluding carboxylic acids is 2. The fourth-order valence-electron chi connectivity index (χ4n) is 3.72. The van der Waals surface area contributed by atoms with Crippen LogP contribution >= 0.6 is 23.8 Å². The summed E-state index contributed by atoms with van der Waals surface area (Å²) < 4.78 is 24.8. The quantitative estimate of drug-likeness (QED) is 0.170. The van der Waals surface area contributed by atoms with Gasteiger partial charge in [-0.1, -0.05) is 41.9 Å². The van der Waals surface area contributed by atoms with Crippen LogP contribution in [-0.2, 0) is 0 Å². The summed E-state index contributed by atoms with van der Waals surface area (Å²) in [6, 6.07) is 22.3. The van der Waals surface area contributed by atoms with Crippen LogP contribution in [0.2, 0.25) is 5.02 Å². The second-order valence-electron chi connectivity index (χ2n) is 8.28. The zero-order chi connectivity index (χ0) is 28.6. The molecule has 0 aliphatic heterocycles. The number of rotatable bonds is 8. The van der Waals surface area contributed by atoms with Gasteiger partial charge in [0.15, 0.2) is 5.11 Å². The van der Waals surface area contributed by atoms with Crippen LogP contribution in [0.1, 0.15) is 20.7 Å². The molecule has 0 radical (unpaired) electrons. The Morgan fingerprint density at radius 1 is 0.700 bits per heavy atom. The third-order valence-electron chi connectivity index (χ3n) is 5.64. The van der Waals surface area contributed by atoms with Gasteiger partial charge in [-0.2, -0.15) is 0 Å². The molecule has 2 amide bonds. The van der Waals surface area contributed by atoms with Crippen LogP contribution in [0.25, 0.3) is 0 Å². The van der Waals surface area contributed by atoms with Gasteiger partial charge >= 0.3 is 0 Å². The average Bonchev–Trinajstić information content (AvgIpc) is 2.94. The number of ether oxygens (including phenoxy) is 2. The Hall–Kier alpha value is -4.67. The summed E-state index contributed by atoms with van der Waals surface area (Å²) in [6.45, 7) is 0. The van der Waals surface area contributed by atoms with Crippen molar-refractivity contribution in [1.82, 2.24) is 0 Å². The smallest absolute Gasteiger partial charge is 0.258 e. The summed E-state index contributed by atoms with van der Waals surface area (Å²) in [5.41, 5.74) is 1.62. The summed E-state index contributed by atoms with van der Waals surface area (Å²) >= 11 is 11.7. The van der Waals surface area contributed by atoms with E-state index in [-0.39, 0.29) is 21.9 Å². The number of para-hydroxylation sites is 1. The molecule has 0 bridgehead atoms. The Balaban J connectivity index is 1.60. The van der Waals surface area contributed by atoms with Crippen LogP contribution in [0.15, 0.2) is 84.9 Å². The number of benzene rings is 4. The first-order valence-electron chi connectivity index (χ1n) is 11.8. The summed E-state index contributed by atoms with van der Waals surface area (Å²) in [6.07, 6.45) is 0. The van der Waals surface area contributed by atoms with Gasteiger partial charge < -0.3 is 30.7 Å². The number of nitrogens with one attached hydrogen (secondary N) is 4. The van der Waals surface area contributed by atoms with E-state index < -0.39 is 17.6 Å². The van der Waals surface area contributed by atoms with E-state index in [9.17, 15) is 14.0 Å². The number of amides is 2. The van der Waals surface area contributed by atoms with Crippen LogP contribution in [0.5, 0.6) is 11.5 Å². The zero-order valence-electron chi connectivity index (χ0n) is 21.4. The molecule has 4 aromatic carbocycles. The second kappa shape index (κ2) is 12.9. The fraction of sp³-hybridized carbons (Fsp3) is 0.0690. The highest BCUT2D eigenvalue weighted by atomic mass is 35.5. The lowest BCUT2D eigenvalue weighted by Gasteiger charge is -2.17. The fourth-order valence-corrected chi connectivity index (χ4v) is 4.18. The topological polar surface area (TPSA) is 101 Å². The summed E-state index contributed by atoms with van der Waals surface area (Å²) in [4.78, 5) is 26.1. The summed E-state index contributed by atoms with van der Waals surface area (Å²) in [5, 5.41) is 12.0. The van der Waals surface area contributed by atoms with Crippen molar-refractivity contribution in [3.8, 4) is 11.5 Å². The minimum atomic E-state index is -0.701. The van der Waals surface area contributed by atoms with Crippen LogP contribution in [-0.4, -0.2) is 31.1 Å². The molecule has 0 fully saturated rings. The van der Waals surface area contributed by atoms with Crippen molar-refractivity contribution >= 4 is 63.5 Å². The predicted octanol–water partition coefficient (Wildman–Crippen LogP) is 6.81. The molecule has 4 rings (SSSR count). The predicted molar refractivity (Wildman–Crippen MR) is 160 cm³/mol. The van der Waals surface area contributed by atoms with Crippen LogP contribution in [0.3, 0.4) is 0 Å².